The van der Waals surface area contributed by atoms with Gasteiger partial charge in [0.05, 0.1) is 22.1 Å². The Kier molecular flexibility index (Phi) is 8.83. The number of nitrogens with zero attached hydrogens (tertiary/aromatic N) is 3. The maximum atomic E-state index is 2.37. The van der Waals surface area contributed by atoms with Crippen LogP contribution in [0.15, 0.2) is 249 Å². The molecule has 2 aromatic heterocycles. The lowest BCUT2D eigenvalue weighted by atomic mass is 10.0. The van der Waals surface area contributed by atoms with Crippen molar-refractivity contribution in [2.75, 3.05) is 4.90 Å². The lowest BCUT2D eigenvalue weighted by Crippen LogP contribution is -2.09. The van der Waals surface area contributed by atoms with Crippen LogP contribution in [0.25, 0.3) is 88.4 Å². The zero-order valence-electron chi connectivity index (χ0n) is 34.5. The van der Waals surface area contributed by atoms with Gasteiger partial charge < -0.3 is 14.0 Å². The monoisotopic (exact) mass is 803 g/mol. The second-order valence-electron chi connectivity index (χ2n) is 16.2. The fourth-order valence-corrected chi connectivity index (χ4v) is 9.50. The molecule has 0 aliphatic rings. The van der Waals surface area contributed by atoms with Crippen LogP contribution < -0.4 is 4.90 Å². The largest absolute Gasteiger partial charge is 0.311 e. The van der Waals surface area contributed by atoms with Gasteiger partial charge >= 0.3 is 0 Å². The van der Waals surface area contributed by atoms with E-state index in [1.165, 1.54) is 88.4 Å². The lowest BCUT2D eigenvalue weighted by molar-refractivity contribution is 1.18. The Hall–Kier alpha value is -8.40. The van der Waals surface area contributed by atoms with Gasteiger partial charge in [0.1, 0.15) is 0 Å². The predicted octanol–water partition coefficient (Wildman–Crippen LogP) is 16.4. The summed E-state index contributed by atoms with van der Waals surface area (Å²) in [6.07, 6.45) is 0. The molecule has 0 aliphatic heterocycles. The third-order valence-electron chi connectivity index (χ3n) is 12.5. The number of hydrogen-bond acceptors (Lipinski definition) is 1. The molecule has 10 aromatic carbocycles. The van der Waals surface area contributed by atoms with Crippen molar-refractivity contribution < 1.29 is 0 Å². The molecule has 0 saturated carbocycles. The molecule has 0 N–H and O–H groups in total. The number of aromatic nitrogens is 2. The average molecular weight is 804 g/mol. The summed E-state index contributed by atoms with van der Waals surface area (Å²) in [5, 5.41) is 5.00. The predicted molar refractivity (Wildman–Crippen MR) is 266 cm³/mol. The van der Waals surface area contributed by atoms with Crippen molar-refractivity contribution >= 4 is 60.7 Å². The van der Waals surface area contributed by atoms with Gasteiger partial charge in [0.2, 0.25) is 0 Å². The van der Waals surface area contributed by atoms with E-state index in [2.05, 4.69) is 263 Å². The maximum absolute atomic E-state index is 2.37. The minimum Gasteiger partial charge on any atom is -0.311 e. The maximum Gasteiger partial charge on any atom is 0.0541 e. The SMILES string of the molecule is c1ccc(-c2ccc(N(c3ccc(-c4ccc5c(c4)c4ccccc4n5-c4ccccc4)cc3)c3ccc(-c4ccc5c(c4)c4ccccc4n5-c4ccccc4)cc3)cc2)cc1. The molecule has 63 heavy (non-hydrogen) atoms. The minimum atomic E-state index is 1.09. The van der Waals surface area contributed by atoms with Crippen LogP contribution in [0, 0.1) is 0 Å². The minimum absolute atomic E-state index is 1.09. The summed E-state index contributed by atoms with van der Waals surface area (Å²) < 4.78 is 4.74. The number of para-hydroxylation sites is 4. The molecule has 0 atom stereocenters. The Bertz CT molecular complexity index is 3370. The van der Waals surface area contributed by atoms with E-state index < -0.39 is 0 Å². The Morgan fingerprint density at radius 2 is 0.524 bits per heavy atom. The van der Waals surface area contributed by atoms with E-state index in [1.807, 2.05) is 0 Å². The Morgan fingerprint density at radius 3 is 0.937 bits per heavy atom. The summed E-state index contributed by atoms with van der Waals surface area (Å²) in [7, 11) is 0. The molecule has 0 aliphatic carbocycles. The Balaban J connectivity index is 0.919. The van der Waals surface area contributed by atoms with E-state index in [0.29, 0.717) is 0 Å². The standard InChI is InChI=1S/C60H41N3/c1-4-14-42(15-5-1)43-24-32-50(33-25-43)61(51-34-26-44(27-35-51)46-30-38-59-55(40-46)53-20-10-12-22-57(53)62(59)48-16-6-2-7-17-48)52-36-28-45(29-37-52)47-31-39-60-56(41-47)54-21-11-13-23-58(54)63(60)49-18-8-3-9-19-49/h1-41H. The zero-order valence-corrected chi connectivity index (χ0v) is 34.5. The van der Waals surface area contributed by atoms with Gasteiger partial charge in [0.25, 0.3) is 0 Å². The number of fused-ring (bicyclic) bond motifs is 6. The van der Waals surface area contributed by atoms with Crippen molar-refractivity contribution in [3.05, 3.63) is 249 Å². The quantitative estimate of drug-likeness (QED) is 0.149. The first-order chi connectivity index (χ1) is 31.2. The summed E-state index contributed by atoms with van der Waals surface area (Å²) in [5.74, 6) is 0. The summed E-state index contributed by atoms with van der Waals surface area (Å²) in [6, 6.07) is 90.0. The van der Waals surface area contributed by atoms with E-state index in [9.17, 15) is 0 Å². The second kappa shape index (κ2) is 15.3. The van der Waals surface area contributed by atoms with Gasteiger partial charge in [0.15, 0.2) is 0 Å². The van der Waals surface area contributed by atoms with E-state index in [4.69, 9.17) is 0 Å². The summed E-state index contributed by atoms with van der Waals surface area (Å²) in [6.45, 7) is 0. The normalized spacial score (nSPS) is 11.5. The smallest absolute Gasteiger partial charge is 0.0541 e. The summed E-state index contributed by atoms with van der Waals surface area (Å²) in [5.41, 5.74) is 17.6. The summed E-state index contributed by atoms with van der Waals surface area (Å²) >= 11 is 0. The van der Waals surface area contributed by atoms with E-state index in [1.54, 1.807) is 0 Å². The van der Waals surface area contributed by atoms with Crippen LogP contribution in [0.4, 0.5) is 17.1 Å². The highest BCUT2D eigenvalue weighted by Crippen LogP contribution is 2.40. The molecule has 0 unspecified atom stereocenters. The lowest BCUT2D eigenvalue weighted by Gasteiger charge is -2.26. The first-order valence-electron chi connectivity index (χ1n) is 21.6. The highest BCUT2D eigenvalue weighted by atomic mass is 15.1. The third-order valence-corrected chi connectivity index (χ3v) is 12.5. The first-order valence-corrected chi connectivity index (χ1v) is 21.6. The van der Waals surface area contributed by atoms with Crippen LogP contribution >= 0.6 is 0 Å². The van der Waals surface area contributed by atoms with Crippen molar-refractivity contribution in [3.63, 3.8) is 0 Å². The molecular weight excluding hydrogens is 763 g/mol. The number of benzene rings is 10. The molecule has 12 rings (SSSR count). The molecule has 12 aromatic rings. The Labute approximate surface area is 366 Å². The van der Waals surface area contributed by atoms with E-state index >= 15 is 0 Å². The Morgan fingerprint density at radius 1 is 0.222 bits per heavy atom. The molecule has 0 radical (unpaired) electrons. The van der Waals surface area contributed by atoms with Crippen LogP contribution in [0.1, 0.15) is 0 Å². The van der Waals surface area contributed by atoms with Gasteiger partial charge in [-0.3, -0.25) is 0 Å². The zero-order chi connectivity index (χ0) is 41.7. The molecule has 0 amide bonds. The number of rotatable bonds is 8. The molecule has 3 heteroatoms. The van der Waals surface area contributed by atoms with Crippen molar-refractivity contribution in [1.29, 1.82) is 0 Å². The van der Waals surface area contributed by atoms with E-state index in [0.717, 1.165) is 17.1 Å². The average Bonchev–Trinajstić information content (AvgIpc) is 3.88. The number of anilines is 3. The molecule has 296 valence electrons. The van der Waals surface area contributed by atoms with Crippen molar-refractivity contribution in [2.45, 2.75) is 0 Å². The molecule has 0 spiro atoms. The van der Waals surface area contributed by atoms with Crippen LogP contribution in [-0.4, -0.2) is 9.13 Å². The molecule has 0 saturated heterocycles. The first kappa shape index (κ1) is 36.5. The van der Waals surface area contributed by atoms with E-state index in [-0.39, 0.29) is 0 Å². The van der Waals surface area contributed by atoms with Gasteiger partial charge in [-0.15, -0.1) is 0 Å². The van der Waals surface area contributed by atoms with Gasteiger partial charge in [-0.05, 0) is 130 Å². The highest BCUT2D eigenvalue weighted by Gasteiger charge is 2.17. The number of hydrogen-bond donors (Lipinski definition) is 0. The van der Waals surface area contributed by atoms with Gasteiger partial charge in [-0.25, -0.2) is 0 Å². The molecule has 0 fully saturated rings. The molecular formula is C60H41N3. The fourth-order valence-electron chi connectivity index (χ4n) is 9.50. The van der Waals surface area contributed by atoms with Gasteiger partial charge in [0, 0.05) is 50.0 Å². The fraction of sp³-hybridized carbons (Fsp3) is 0. The van der Waals surface area contributed by atoms with Crippen molar-refractivity contribution in [2.24, 2.45) is 0 Å². The third kappa shape index (κ3) is 6.38. The van der Waals surface area contributed by atoms with Crippen LogP contribution in [0.2, 0.25) is 0 Å². The van der Waals surface area contributed by atoms with Crippen LogP contribution in [-0.2, 0) is 0 Å². The molecule has 2 heterocycles. The van der Waals surface area contributed by atoms with Gasteiger partial charge in [-0.2, -0.15) is 0 Å². The van der Waals surface area contributed by atoms with Gasteiger partial charge in [-0.1, -0.05) is 152 Å². The molecule has 3 nitrogen and oxygen atoms in total. The van der Waals surface area contributed by atoms with Crippen molar-refractivity contribution in [3.8, 4) is 44.8 Å². The summed E-state index contributed by atoms with van der Waals surface area (Å²) in [4.78, 5) is 2.36. The topological polar surface area (TPSA) is 13.1 Å². The van der Waals surface area contributed by atoms with Crippen LogP contribution in [0.3, 0.4) is 0 Å². The highest BCUT2D eigenvalue weighted by molar-refractivity contribution is 6.11. The molecule has 0 bridgehead atoms. The van der Waals surface area contributed by atoms with Crippen LogP contribution in [0.5, 0.6) is 0 Å². The second-order valence-corrected chi connectivity index (χ2v) is 16.2. The van der Waals surface area contributed by atoms with Crippen molar-refractivity contribution in [1.82, 2.24) is 9.13 Å².